The summed E-state index contributed by atoms with van der Waals surface area (Å²) >= 11 is 6.43. The van der Waals surface area contributed by atoms with E-state index in [4.69, 9.17) is 22.1 Å². The quantitative estimate of drug-likeness (QED) is 0.636. The zero-order chi connectivity index (χ0) is 16.1. The Labute approximate surface area is 137 Å². The summed E-state index contributed by atoms with van der Waals surface area (Å²) in [4.78, 5) is 24.8. The Bertz CT molecular complexity index is 642. The van der Waals surface area contributed by atoms with E-state index >= 15 is 0 Å². The molecule has 1 amide bonds. The maximum Gasteiger partial charge on any atom is 0.306 e. The van der Waals surface area contributed by atoms with Gasteiger partial charge in [-0.05, 0) is 19.1 Å². The molecule has 1 aromatic rings. The number of hydrogen-bond acceptors (Lipinski definition) is 5. The van der Waals surface area contributed by atoms with Gasteiger partial charge in [-0.15, -0.1) is 0 Å². The molecule has 1 heterocycles. The maximum atomic E-state index is 12.2. The van der Waals surface area contributed by atoms with Gasteiger partial charge in [0, 0.05) is 12.1 Å². The fourth-order valence-corrected chi connectivity index (χ4v) is 3.27. The Balaban J connectivity index is 2.19. The van der Waals surface area contributed by atoms with Gasteiger partial charge in [0.15, 0.2) is 0 Å². The van der Waals surface area contributed by atoms with Crippen LogP contribution in [0.1, 0.15) is 18.9 Å². The second-order valence-corrected chi connectivity index (χ2v) is 6.13. The fraction of sp³-hybridized carbons (Fsp3) is 0.267. The van der Waals surface area contributed by atoms with Crippen molar-refractivity contribution in [1.82, 2.24) is 4.90 Å². The summed E-state index contributed by atoms with van der Waals surface area (Å²) < 4.78 is 6.03. The molecule has 1 N–H and O–H groups in total. The lowest BCUT2D eigenvalue weighted by Gasteiger charge is -2.10. The Morgan fingerprint density at radius 1 is 1.45 bits per heavy atom. The SMILES string of the molecule is CCN1C(=O)/C(=C\c2ccccc2OCCC(=O)O)SC1=S. The second kappa shape index (κ2) is 7.42. The highest BCUT2D eigenvalue weighted by Gasteiger charge is 2.30. The third-order valence-electron chi connectivity index (χ3n) is 2.97. The average molecular weight is 337 g/mol. The number of benzene rings is 1. The molecule has 2 rings (SSSR count). The van der Waals surface area contributed by atoms with Gasteiger partial charge in [0.25, 0.3) is 5.91 Å². The molecule has 1 saturated heterocycles. The smallest absolute Gasteiger partial charge is 0.306 e. The first-order valence-corrected chi connectivity index (χ1v) is 7.94. The Morgan fingerprint density at radius 2 is 2.18 bits per heavy atom. The van der Waals surface area contributed by atoms with Crippen LogP contribution < -0.4 is 4.74 Å². The van der Waals surface area contributed by atoms with Gasteiger partial charge in [-0.3, -0.25) is 14.5 Å². The molecule has 1 aliphatic rings. The van der Waals surface area contributed by atoms with Gasteiger partial charge in [-0.25, -0.2) is 0 Å². The first kappa shape index (κ1) is 16.5. The molecule has 0 unspecified atom stereocenters. The van der Waals surface area contributed by atoms with E-state index in [0.29, 0.717) is 21.5 Å². The molecular formula is C15H15NO4S2. The number of rotatable bonds is 6. The summed E-state index contributed by atoms with van der Waals surface area (Å²) in [5.41, 5.74) is 0.726. The molecule has 1 fully saturated rings. The van der Waals surface area contributed by atoms with Gasteiger partial charge >= 0.3 is 5.97 Å². The van der Waals surface area contributed by atoms with Gasteiger partial charge < -0.3 is 9.84 Å². The maximum absolute atomic E-state index is 12.2. The van der Waals surface area contributed by atoms with Gasteiger partial charge in [-0.2, -0.15) is 0 Å². The van der Waals surface area contributed by atoms with E-state index in [1.807, 2.05) is 19.1 Å². The number of para-hydroxylation sites is 1. The predicted octanol–water partition coefficient (Wildman–Crippen LogP) is 2.76. The van der Waals surface area contributed by atoms with E-state index in [1.54, 1.807) is 23.1 Å². The van der Waals surface area contributed by atoms with Crippen LogP contribution in [0.15, 0.2) is 29.2 Å². The molecule has 1 aromatic carbocycles. The van der Waals surface area contributed by atoms with Crippen molar-refractivity contribution < 1.29 is 19.4 Å². The Hall–Kier alpha value is -1.86. The number of hydrogen-bond donors (Lipinski definition) is 1. The molecular weight excluding hydrogens is 322 g/mol. The minimum absolute atomic E-state index is 0.0771. The van der Waals surface area contributed by atoms with Gasteiger partial charge in [-0.1, -0.05) is 42.2 Å². The molecule has 0 aromatic heterocycles. The highest BCUT2D eigenvalue weighted by Crippen LogP contribution is 2.33. The third-order valence-corrected chi connectivity index (χ3v) is 4.35. The van der Waals surface area contributed by atoms with Gasteiger partial charge in [0.2, 0.25) is 0 Å². The number of carboxylic acids is 1. The number of carbonyl (C=O) groups excluding carboxylic acids is 1. The second-order valence-electron chi connectivity index (χ2n) is 4.46. The fourth-order valence-electron chi connectivity index (χ4n) is 1.89. The number of thiocarbonyl (C=S) groups is 1. The molecule has 0 atom stereocenters. The van der Waals surface area contributed by atoms with Crippen LogP contribution >= 0.6 is 24.0 Å². The van der Waals surface area contributed by atoms with Crippen molar-refractivity contribution in [3.8, 4) is 5.75 Å². The summed E-state index contributed by atoms with van der Waals surface area (Å²) in [5.74, 6) is -0.482. The summed E-state index contributed by atoms with van der Waals surface area (Å²) in [6.07, 6.45) is 1.65. The lowest BCUT2D eigenvalue weighted by molar-refractivity contribution is -0.137. The molecule has 0 radical (unpaired) electrons. The topological polar surface area (TPSA) is 66.8 Å². The lowest BCUT2D eigenvalue weighted by Crippen LogP contribution is -2.27. The summed E-state index contributed by atoms with van der Waals surface area (Å²) in [6.45, 7) is 2.49. The van der Waals surface area contributed by atoms with Crippen LogP contribution in [-0.2, 0) is 9.59 Å². The van der Waals surface area contributed by atoms with E-state index in [2.05, 4.69) is 0 Å². The van der Waals surface area contributed by atoms with Crippen molar-refractivity contribution >= 4 is 46.3 Å². The van der Waals surface area contributed by atoms with Crippen LogP contribution in [0.3, 0.4) is 0 Å². The van der Waals surface area contributed by atoms with Crippen LogP contribution in [0.25, 0.3) is 6.08 Å². The lowest BCUT2D eigenvalue weighted by atomic mass is 10.2. The van der Waals surface area contributed by atoms with E-state index in [9.17, 15) is 9.59 Å². The van der Waals surface area contributed by atoms with E-state index < -0.39 is 5.97 Å². The van der Waals surface area contributed by atoms with Crippen LogP contribution in [0.4, 0.5) is 0 Å². The van der Waals surface area contributed by atoms with Crippen molar-refractivity contribution in [3.63, 3.8) is 0 Å². The molecule has 0 spiro atoms. The average Bonchev–Trinajstić information content (AvgIpc) is 2.74. The molecule has 0 aliphatic carbocycles. The standard InChI is InChI=1S/C15H15NO4S2/c1-2-16-14(19)12(22-15(16)21)9-10-5-3-4-6-11(10)20-8-7-13(17)18/h3-6,9H,2,7-8H2,1H3,(H,17,18)/b12-9+. The normalized spacial score (nSPS) is 16.4. The number of aliphatic carboxylic acids is 1. The largest absolute Gasteiger partial charge is 0.492 e. The van der Waals surface area contributed by atoms with Crippen molar-refractivity contribution in [2.45, 2.75) is 13.3 Å². The Morgan fingerprint density at radius 3 is 2.82 bits per heavy atom. The highest BCUT2D eigenvalue weighted by atomic mass is 32.2. The van der Waals surface area contributed by atoms with Crippen molar-refractivity contribution in [2.24, 2.45) is 0 Å². The van der Waals surface area contributed by atoms with Crippen molar-refractivity contribution in [2.75, 3.05) is 13.2 Å². The van der Waals surface area contributed by atoms with Gasteiger partial charge in [0.05, 0.1) is 17.9 Å². The zero-order valence-electron chi connectivity index (χ0n) is 11.9. The summed E-state index contributed by atoms with van der Waals surface area (Å²) in [5, 5.41) is 8.65. The molecule has 1 aliphatic heterocycles. The molecule has 7 heteroatoms. The molecule has 0 bridgehead atoms. The minimum atomic E-state index is -0.915. The number of amides is 1. The van der Waals surface area contributed by atoms with Crippen LogP contribution in [0.5, 0.6) is 5.75 Å². The summed E-state index contributed by atoms with van der Waals surface area (Å²) in [7, 11) is 0. The number of ether oxygens (including phenoxy) is 1. The first-order chi connectivity index (χ1) is 10.5. The Kier molecular flexibility index (Phi) is 5.57. The number of thioether (sulfide) groups is 1. The molecule has 5 nitrogen and oxygen atoms in total. The number of carbonyl (C=O) groups is 2. The van der Waals surface area contributed by atoms with Gasteiger partial charge in [0.1, 0.15) is 10.1 Å². The molecule has 22 heavy (non-hydrogen) atoms. The van der Waals surface area contributed by atoms with Crippen molar-refractivity contribution in [3.05, 3.63) is 34.7 Å². The monoisotopic (exact) mass is 337 g/mol. The number of likely N-dealkylation sites (N-methyl/N-ethyl adjacent to an activating group) is 1. The summed E-state index contributed by atoms with van der Waals surface area (Å²) in [6, 6.07) is 7.18. The van der Waals surface area contributed by atoms with E-state index in [0.717, 1.165) is 5.56 Å². The van der Waals surface area contributed by atoms with Crippen LogP contribution in [0.2, 0.25) is 0 Å². The van der Waals surface area contributed by atoms with E-state index in [-0.39, 0.29) is 18.9 Å². The number of nitrogens with zero attached hydrogens (tertiary/aromatic N) is 1. The zero-order valence-corrected chi connectivity index (χ0v) is 13.6. The van der Waals surface area contributed by atoms with Crippen LogP contribution in [0, 0.1) is 0 Å². The van der Waals surface area contributed by atoms with Crippen LogP contribution in [-0.4, -0.2) is 39.4 Å². The molecule has 0 saturated carbocycles. The first-order valence-electron chi connectivity index (χ1n) is 6.72. The van der Waals surface area contributed by atoms with E-state index in [1.165, 1.54) is 11.8 Å². The highest BCUT2D eigenvalue weighted by molar-refractivity contribution is 8.26. The van der Waals surface area contributed by atoms with Crippen molar-refractivity contribution in [1.29, 1.82) is 0 Å². The third kappa shape index (κ3) is 3.86. The minimum Gasteiger partial charge on any atom is -0.492 e. The predicted molar refractivity (Wildman–Crippen MR) is 89.7 cm³/mol. The molecule has 116 valence electrons. The number of carboxylic acid groups (broad SMARTS) is 1.